The summed E-state index contributed by atoms with van der Waals surface area (Å²) in [7, 11) is 0. The number of alkyl halides is 1. The van der Waals surface area contributed by atoms with Gasteiger partial charge in [-0.1, -0.05) is 28.8 Å². The molecule has 0 spiro atoms. The molecular formula is C11H18BrN3. The van der Waals surface area contributed by atoms with Crippen molar-refractivity contribution in [2.75, 3.05) is 5.33 Å². The quantitative estimate of drug-likeness (QED) is 0.789. The zero-order chi connectivity index (χ0) is 10.7. The van der Waals surface area contributed by atoms with Crippen LogP contribution >= 0.6 is 15.9 Å². The molecule has 3 nitrogen and oxygen atoms in total. The molecule has 0 unspecified atom stereocenters. The summed E-state index contributed by atoms with van der Waals surface area (Å²) >= 11 is 3.67. The highest BCUT2D eigenvalue weighted by Gasteiger charge is 2.34. The summed E-state index contributed by atoms with van der Waals surface area (Å²) in [5, 5.41) is 5.33. The van der Waals surface area contributed by atoms with Gasteiger partial charge in [-0.25, -0.2) is 4.98 Å². The average Bonchev–Trinajstić information content (AvgIpc) is 2.88. The van der Waals surface area contributed by atoms with Crippen molar-refractivity contribution in [1.29, 1.82) is 0 Å². The Morgan fingerprint density at radius 3 is 2.80 bits per heavy atom. The van der Waals surface area contributed by atoms with Crippen molar-refractivity contribution >= 4 is 15.9 Å². The van der Waals surface area contributed by atoms with Crippen LogP contribution < -0.4 is 0 Å². The molecule has 84 valence electrons. The standard InChI is InChI=1S/C11H18BrN3/c1-2-15-10(13-9-14-15)7-11(8-12)5-3-4-6-11/h9H,2-8H2,1H3. The van der Waals surface area contributed by atoms with Crippen LogP contribution in [0.1, 0.15) is 38.4 Å². The van der Waals surface area contributed by atoms with E-state index < -0.39 is 0 Å². The second kappa shape index (κ2) is 4.64. The third-order valence-corrected chi connectivity index (χ3v) is 4.67. The van der Waals surface area contributed by atoms with Crippen LogP contribution in [0.2, 0.25) is 0 Å². The molecule has 15 heavy (non-hydrogen) atoms. The van der Waals surface area contributed by atoms with E-state index >= 15 is 0 Å². The minimum atomic E-state index is 0.444. The van der Waals surface area contributed by atoms with Crippen LogP contribution in [0.3, 0.4) is 0 Å². The van der Waals surface area contributed by atoms with Gasteiger partial charge in [0.25, 0.3) is 0 Å². The molecule has 1 aliphatic rings. The first-order valence-corrected chi connectivity index (χ1v) is 6.84. The van der Waals surface area contributed by atoms with Crippen molar-refractivity contribution in [2.24, 2.45) is 5.41 Å². The van der Waals surface area contributed by atoms with Crippen LogP contribution in [0.25, 0.3) is 0 Å². The predicted molar refractivity (Wildman–Crippen MR) is 64.1 cm³/mol. The zero-order valence-electron chi connectivity index (χ0n) is 9.25. The maximum absolute atomic E-state index is 4.37. The molecule has 1 fully saturated rings. The van der Waals surface area contributed by atoms with E-state index in [-0.39, 0.29) is 0 Å². The van der Waals surface area contributed by atoms with Gasteiger partial charge in [0.1, 0.15) is 12.2 Å². The van der Waals surface area contributed by atoms with Crippen molar-refractivity contribution in [2.45, 2.75) is 45.6 Å². The Morgan fingerprint density at radius 1 is 1.47 bits per heavy atom. The number of aromatic nitrogens is 3. The van der Waals surface area contributed by atoms with Crippen LogP contribution in [0.5, 0.6) is 0 Å². The molecule has 0 amide bonds. The summed E-state index contributed by atoms with van der Waals surface area (Å²) in [6.45, 7) is 3.04. The molecule has 0 atom stereocenters. The molecule has 0 bridgehead atoms. The topological polar surface area (TPSA) is 30.7 Å². The summed E-state index contributed by atoms with van der Waals surface area (Å²) in [6, 6.07) is 0. The summed E-state index contributed by atoms with van der Waals surface area (Å²) in [5.41, 5.74) is 0.444. The van der Waals surface area contributed by atoms with E-state index in [0.717, 1.165) is 24.1 Å². The van der Waals surface area contributed by atoms with Crippen LogP contribution in [0, 0.1) is 5.41 Å². The van der Waals surface area contributed by atoms with E-state index in [1.165, 1.54) is 25.7 Å². The molecule has 0 radical (unpaired) electrons. The van der Waals surface area contributed by atoms with E-state index in [4.69, 9.17) is 0 Å². The lowest BCUT2D eigenvalue weighted by Crippen LogP contribution is -2.24. The highest BCUT2D eigenvalue weighted by molar-refractivity contribution is 9.09. The minimum absolute atomic E-state index is 0.444. The molecule has 1 aliphatic carbocycles. The normalized spacial score (nSPS) is 19.6. The van der Waals surface area contributed by atoms with Gasteiger partial charge in [0.2, 0.25) is 0 Å². The largest absolute Gasteiger partial charge is 0.250 e. The number of hydrogen-bond acceptors (Lipinski definition) is 2. The first kappa shape index (κ1) is 11.1. The fraction of sp³-hybridized carbons (Fsp3) is 0.818. The van der Waals surface area contributed by atoms with Crippen LogP contribution in [-0.2, 0) is 13.0 Å². The van der Waals surface area contributed by atoms with Gasteiger partial charge < -0.3 is 0 Å². The lowest BCUT2D eigenvalue weighted by Gasteiger charge is -2.25. The van der Waals surface area contributed by atoms with Gasteiger partial charge in [-0.05, 0) is 25.2 Å². The van der Waals surface area contributed by atoms with E-state index in [1.54, 1.807) is 6.33 Å². The third kappa shape index (κ3) is 2.25. The number of nitrogens with zero attached hydrogens (tertiary/aromatic N) is 3. The second-order valence-electron chi connectivity index (χ2n) is 4.51. The highest BCUT2D eigenvalue weighted by Crippen LogP contribution is 2.41. The summed E-state index contributed by atoms with van der Waals surface area (Å²) in [5.74, 6) is 1.15. The van der Waals surface area contributed by atoms with E-state index in [0.29, 0.717) is 5.41 Å². The van der Waals surface area contributed by atoms with Gasteiger partial charge in [0.05, 0.1) is 0 Å². The van der Waals surface area contributed by atoms with Gasteiger partial charge in [-0.3, -0.25) is 4.68 Å². The molecule has 0 aromatic carbocycles. The predicted octanol–water partition coefficient (Wildman–Crippen LogP) is 2.80. The molecule has 2 rings (SSSR count). The first-order chi connectivity index (χ1) is 7.29. The molecule has 1 aromatic heterocycles. The molecule has 1 heterocycles. The molecule has 4 heteroatoms. The van der Waals surface area contributed by atoms with Crippen molar-refractivity contribution in [3.05, 3.63) is 12.2 Å². The van der Waals surface area contributed by atoms with Crippen molar-refractivity contribution in [3.8, 4) is 0 Å². The lowest BCUT2D eigenvalue weighted by molar-refractivity contribution is 0.331. The van der Waals surface area contributed by atoms with Gasteiger partial charge >= 0.3 is 0 Å². The van der Waals surface area contributed by atoms with Crippen LogP contribution in [0.4, 0.5) is 0 Å². The fourth-order valence-electron chi connectivity index (χ4n) is 2.51. The molecule has 0 saturated heterocycles. The maximum atomic E-state index is 4.37. The monoisotopic (exact) mass is 271 g/mol. The Labute approximate surface area is 99.4 Å². The van der Waals surface area contributed by atoms with Crippen molar-refractivity contribution < 1.29 is 0 Å². The zero-order valence-corrected chi connectivity index (χ0v) is 10.8. The Kier molecular flexibility index (Phi) is 3.44. The Bertz CT molecular complexity index is 315. The highest BCUT2D eigenvalue weighted by atomic mass is 79.9. The van der Waals surface area contributed by atoms with E-state index in [9.17, 15) is 0 Å². The van der Waals surface area contributed by atoms with Gasteiger partial charge in [0.15, 0.2) is 0 Å². The molecule has 0 N–H and O–H groups in total. The second-order valence-corrected chi connectivity index (χ2v) is 5.07. The Morgan fingerprint density at radius 2 is 2.20 bits per heavy atom. The van der Waals surface area contributed by atoms with Crippen molar-refractivity contribution in [3.63, 3.8) is 0 Å². The SMILES string of the molecule is CCn1ncnc1CC1(CBr)CCCC1. The van der Waals surface area contributed by atoms with Gasteiger partial charge in [-0.2, -0.15) is 5.10 Å². The minimum Gasteiger partial charge on any atom is -0.250 e. The lowest BCUT2D eigenvalue weighted by atomic mass is 9.85. The molecule has 1 aromatic rings. The van der Waals surface area contributed by atoms with E-state index in [2.05, 4.69) is 32.9 Å². The first-order valence-electron chi connectivity index (χ1n) is 5.72. The average molecular weight is 272 g/mol. The summed E-state index contributed by atoms with van der Waals surface area (Å²) < 4.78 is 2.02. The number of rotatable bonds is 4. The van der Waals surface area contributed by atoms with Crippen molar-refractivity contribution in [1.82, 2.24) is 14.8 Å². The smallest absolute Gasteiger partial charge is 0.138 e. The van der Waals surface area contributed by atoms with E-state index in [1.807, 2.05) is 4.68 Å². The fourth-order valence-corrected chi connectivity index (χ4v) is 3.27. The van der Waals surface area contributed by atoms with Crippen LogP contribution in [-0.4, -0.2) is 20.1 Å². The Balaban J connectivity index is 2.12. The molecule has 0 aliphatic heterocycles. The van der Waals surface area contributed by atoms with Gasteiger partial charge in [0, 0.05) is 18.3 Å². The summed E-state index contributed by atoms with van der Waals surface area (Å²) in [6.07, 6.45) is 8.14. The Hall–Kier alpha value is -0.380. The molecule has 1 saturated carbocycles. The molecular weight excluding hydrogens is 254 g/mol. The third-order valence-electron chi connectivity index (χ3n) is 3.48. The number of halogens is 1. The number of hydrogen-bond donors (Lipinski definition) is 0. The number of aryl methyl sites for hydroxylation is 1. The van der Waals surface area contributed by atoms with Crippen LogP contribution in [0.15, 0.2) is 6.33 Å². The maximum Gasteiger partial charge on any atom is 0.138 e. The summed E-state index contributed by atoms with van der Waals surface area (Å²) in [4.78, 5) is 4.37. The van der Waals surface area contributed by atoms with Gasteiger partial charge in [-0.15, -0.1) is 0 Å².